The van der Waals surface area contributed by atoms with E-state index < -0.39 is 5.97 Å². The maximum atomic E-state index is 11.8. The van der Waals surface area contributed by atoms with E-state index in [9.17, 15) is 4.79 Å². The number of rotatable bonds is 9. The molecule has 0 aliphatic carbocycles. The Balaban J connectivity index is 2.38. The number of hydrogen-bond donors (Lipinski definition) is 0. The van der Waals surface area contributed by atoms with Crippen molar-refractivity contribution in [3.05, 3.63) is 90.6 Å². The molecule has 4 heteroatoms. The average Bonchev–Trinajstić information content (AvgIpc) is 2.91. The van der Waals surface area contributed by atoms with Crippen molar-refractivity contribution in [2.45, 2.75) is 32.9 Å². The van der Waals surface area contributed by atoms with E-state index in [4.69, 9.17) is 9.72 Å². The van der Waals surface area contributed by atoms with Crippen molar-refractivity contribution in [1.82, 2.24) is 9.55 Å². The fourth-order valence-electron chi connectivity index (χ4n) is 2.57. The van der Waals surface area contributed by atoms with Gasteiger partial charge in [0.05, 0.1) is 11.4 Å². The zero-order valence-corrected chi connectivity index (χ0v) is 14.7. The molecule has 2 rings (SSSR count). The maximum absolute atomic E-state index is 11.8. The molecule has 0 aliphatic heterocycles. The van der Waals surface area contributed by atoms with Crippen LogP contribution in [-0.2, 0) is 35.5 Å². The topological polar surface area (TPSA) is 44.1 Å². The van der Waals surface area contributed by atoms with Crippen LogP contribution >= 0.6 is 0 Å². The molecule has 4 nitrogen and oxygen atoms in total. The lowest BCUT2D eigenvalue weighted by Crippen LogP contribution is -2.12. The number of esters is 1. The summed E-state index contributed by atoms with van der Waals surface area (Å²) in [5.74, 6) is 0.490. The first-order valence-corrected chi connectivity index (χ1v) is 8.22. The molecule has 0 atom stereocenters. The van der Waals surface area contributed by atoms with Gasteiger partial charge < -0.3 is 9.30 Å². The molecule has 0 saturated carbocycles. The Morgan fingerprint density at radius 1 is 1.24 bits per heavy atom. The molecule has 25 heavy (non-hydrogen) atoms. The second-order valence-electron chi connectivity index (χ2n) is 5.83. The second kappa shape index (κ2) is 8.83. The van der Waals surface area contributed by atoms with Gasteiger partial charge in [-0.05, 0) is 12.5 Å². The number of hydrogen-bond acceptors (Lipinski definition) is 3. The summed E-state index contributed by atoms with van der Waals surface area (Å²) in [5.41, 5.74) is 3.32. The second-order valence-corrected chi connectivity index (χ2v) is 5.83. The lowest BCUT2D eigenvalue weighted by atomic mass is 10.1. The number of ether oxygens (including phenoxy) is 1. The molecule has 1 aromatic heterocycles. The Hall–Kier alpha value is -2.88. The third kappa shape index (κ3) is 4.80. The minimum Gasteiger partial charge on any atom is -0.456 e. The summed E-state index contributed by atoms with van der Waals surface area (Å²) in [4.78, 5) is 16.6. The van der Waals surface area contributed by atoms with E-state index in [1.807, 2.05) is 34.9 Å². The number of nitrogens with zero attached hydrogens (tertiary/aromatic N) is 2. The highest BCUT2D eigenvalue weighted by Crippen LogP contribution is 2.19. The average molecular weight is 336 g/mol. The van der Waals surface area contributed by atoms with Crippen LogP contribution in [0.5, 0.6) is 0 Å². The van der Waals surface area contributed by atoms with Crippen LogP contribution in [-0.4, -0.2) is 15.5 Å². The highest BCUT2D eigenvalue weighted by molar-refractivity contribution is 5.86. The van der Waals surface area contributed by atoms with Crippen molar-refractivity contribution in [1.29, 1.82) is 0 Å². The molecule has 0 bridgehead atoms. The lowest BCUT2D eigenvalue weighted by Gasteiger charge is -2.11. The molecule has 0 fully saturated rings. The van der Waals surface area contributed by atoms with E-state index >= 15 is 0 Å². The van der Waals surface area contributed by atoms with Crippen molar-refractivity contribution in [3.63, 3.8) is 0 Å². The summed E-state index contributed by atoms with van der Waals surface area (Å²) >= 11 is 0. The molecule has 1 heterocycles. The molecule has 0 unspecified atom stereocenters. The van der Waals surface area contributed by atoms with E-state index in [1.54, 1.807) is 6.92 Å². The van der Waals surface area contributed by atoms with E-state index in [-0.39, 0.29) is 6.61 Å². The molecule has 130 valence electrons. The van der Waals surface area contributed by atoms with Crippen LogP contribution in [0.4, 0.5) is 0 Å². The zero-order chi connectivity index (χ0) is 18.2. The van der Waals surface area contributed by atoms with Gasteiger partial charge in [0.2, 0.25) is 0 Å². The Bertz CT molecular complexity index is 773. The van der Waals surface area contributed by atoms with Gasteiger partial charge in [-0.15, -0.1) is 13.2 Å². The minimum atomic E-state index is -0.401. The highest BCUT2D eigenvalue weighted by Gasteiger charge is 2.18. The van der Waals surface area contributed by atoms with Gasteiger partial charge in [0.25, 0.3) is 0 Å². The first kappa shape index (κ1) is 18.5. The monoisotopic (exact) mass is 336 g/mol. The third-order valence-electron chi connectivity index (χ3n) is 3.78. The minimum absolute atomic E-state index is 0.159. The van der Waals surface area contributed by atoms with Crippen molar-refractivity contribution in [3.8, 4) is 0 Å². The van der Waals surface area contributed by atoms with Gasteiger partial charge in [0.1, 0.15) is 12.4 Å². The van der Waals surface area contributed by atoms with E-state index in [0.717, 1.165) is 22.8 Å². The van der Waals surface area contributed by atoms with Crippen molar-refractivity contribution in [2.75, 3.05) is 0 Å². The highest BCUT2D eigenvalue weighted by atomic mass is 16.5. The Morgan fingerprint density at radius 3 is 2.56 bits per heavy atom. The van der Waals surface area contributed by atoms with Crippen LogP contribution in [0.3, 0.4) is 0 Å². The number of allylic oxidation sites excluding steroid dienone is 2. The van der Waals surface area contributed by atoms with Gasteiger partial charge in [-0.25, -0.2) is 9.78 Å². The van der Waals surface area contributed by atoms with Gasteiger partial charge >= 0.3 is 5.97 Å². The fraction of sp³-hybridized carbons (Fsp3) is 0.238. The zero-order valence-electron chi connectivity index (χ0n) is 14.7. The normalized spacial score (nSPS) is 10.3. The summed E-state index contributed by atoms with van der Waals surface area (Å²) in [6.07, 6.45) is 4.95. The Labute approximate surface area is 149 Å². The molecular formula is C21H24N2O2. The van der Waals surface area contributed by atoms with Crippen LogP contribution < -0.4 is 0 Å². The fourth-order valence-corrected chi connectivity index (χ4v) is 2.57. The summed E-state index contributed by atoms with van der Waals surface area (Å²) < 4.78 is 7.43. The van der Waals surface area contributed by atoms with Crippen LogP contribution in [0, 0.1) is 0 Å². The predicted molar refractivity (Wildman–Crippen MR) is 100 cm³/mol. The Morgan fingerprint density at radius 2 is 1.96 bits per heavy atom. The molecule has 0 radical (unpaired) electrons. The standard InChI is InChI=1S/C21H24N2O2/c1-5-10-20-22-18(14-17-11-8-7-9-12-17)19(23(20)13-6-2)15-25-21(24)16(3)4/h5-9,11-12H,1-3,10,13-15H2,4H3. The molecule has 0 amide bonds. The number of carbonyl (C=O) groups is 1. The number of aromatic nitrogens is 2. The molecular weight excluding hydrogens is 312 g/mol. The largest absolute Gasteiger partial charge is 0.456 e. The van der Waals surface area contributed by atoms with Gasteiger partial charge in [0, 0.05) is 25.0 Å². The van der Waals surface area contributed by atoms with Gasteiger partial charge in [0.15, 0.2) is 0 Å². The summed E-state index contributed by atoms with van der Waals surface area (Å²) in [7, 11) is 0. The van der Waals surface area contributed by atoms with Crippen molar-refractivity contribution in [2.24, 2.45) is 0 Å². The van der Waals surface area contributed by atoms with Gasteiger partial charge in [-0.2, -0.15) is 0 Å². The van der Waals surface area contributed by atoms with Gasteiger partial charge in [-0.1, -0.05) is 49.1 Å². The Kier molecular flexibility index (Phi) is 6.52. The summed E-state index contributed by atoms with van der Waals surface area (Å²) in [6, 6.07) is 10.1. The van der Waals surface area contributed by atoms with Crippen molar-refractivity contribution >= 4 is 5.97 Å². The first-order chi connectivity index (χ1) is 12.1. The number of benzene rings is 1. The first-order valence-electron chi connectivity index (χ1n) is 8.22. The van der Waals surface area contributed by atoms with Crippen LogP contribution in [0.25, 0.3) is 0 Å². The SMILES string of the molecule is C=CCc1nc(Cc2ccccc2)c(COC(=O)C(=C)C)n1CC=C. The number of imidazole rings is 1. The molecule has 0 spiro atoms. The van der Waals surface area contributed by atoms with Crippen LogP contribution in [0.15, 0.2) is 67.8 Å². The molecule has 2 aromatic rings. The molecule has 1 aromatic carbocycles. The van der Waals surface area contributed by atoms with Crippen LogP contribution in [0.2, 0.25) is 0 Å². The summed E-state index contributed by atoms with van der Waals surface area (Å²) in [5, 5.41) is 0. The molecule has 0 N–H and O–H groups in total. The lowest BCUT2D eigenvalue weighted by molar-refractivity contribution is -0.140. The smallest absolute Gasteiger partial charge is 0.333 e. The van der Waals surface area contributed by atoms with E-state index in [1.165, 1.54) is 0 Å². The van der Waals surface area contributed by atoms with E-state index in [0.29, 0.717) is 25.0 Å². The number of carbonyl (C=O) groups excluding carboxylic acids is 1. The molecule has 0 saturated heterocycles. The van der Waals surface area contributed by atoms with Crippen molar-refractivity contribution < 1.29 is 9.53 Å². The summed E-state index contributed by atoms with van der Waals surface area (Å²) in [6.45, 7) is 13.6. The molecule has 0 aliphatic rings. The predicted octanol–water partition coefficient (Wildman–Crippen LogP) is 4.01. The van der Waals surface area contributed by atoms with Gasteiger partial charge in [-0.3, -0.25) is 0 Å². The quantitative estimate of drug-likeness (QED) is 0.395. The maximum Gasteiger partial charge on any atom is 0.333 e. The van der Waals surface area contributed by atoms with E-state index in [2.05, 4.69) is 31.9 Å². The van der Waals surface area contributed by atoms with Crippen LogP contribution in [0.1, 0.15) is 29.7 Å². The third-order valence-corrected chi connectivity index (χ3v) is 3.78.